The molecule has 3 aromatic rings. The van der Waals surface area contributed by atoms with Crippen molar-refractivity contribution in [3.8, 4) is 0 Å². The molecule has 3 aromatic carbocycles. The van der Waals surface area contributed by atoms with Crippen molar-refractivity contribution >= 4 is 50.7 Å². The van der Waals surface area contributed by atoms with E-state index in [1.165, 1.54) is 35.2 Å². The van der Waals surface area contributed by atoms with Crippen LogP contribution in [0.25, 0.3) is 0 Å². The fourth-order valence-electron chi connectivity index (χ4n) is 4.30. The maximum atomic E-state index is 14.1. The first-order valence-electron chi connectivity index (χ1n) is 13.6. The quantitative estimate of drug-likeness (QED) is 0.250. The molecule has 220 valence electrons. The minimum Gasteiger partial charge on any atom is -0.352 e. The molecule has 0 spiro atoms. The van der Waals surface area contributed by atoms with E-state index in [1.54, 1.807) is 12.1 Å². The summed E-state index contributed by atoms with van der Waals surface area (Å²) in [5.41, 5.74) is 2.91. The molecule has 0 saturated heterocycles. The van der Waals surface area contributed by atoms with E-state index in [4.69, 9.17) is 23.2 Å². The molecule has 1 N–H and O–H groups in total. The van der Waals surface area contributed by atoms with E-state index < -0.39 is 28.5 Å². The Balaban J connectivity index is 2.09. The van der Waals surface area contributed by atoms with Gasteiger partial charge in [0.1, 0.15) is 12.6 Å². The lowest BCUT2D eigenvalue weighted by Crippen LogP contribution is -2.53. The van der Waals surface area contributed by atoms with Crippen molar-refractivity contribution < 1.29 is 18.0 Å². The number of nitrogens with one attached hydrogen (secondary N) is 1. The standard InChI is InChI=1S/C31H37Cl2N3O4S/c1-6-23(5)34-31(38)29(7-2)35(19-24-12-8-21(3)9-13-24)30(37)20-36(27-17-25(32)16-26(33)18-27)41(39,40)28-14-10-22(4)11-15-28/h8-18,23,29H,6-7,19-20H2,1-5H3,(H,34,38)/t23-,29+/m1/s1. The van der Waals surface area contributed by atoms with Crippen molar-refractivity contribution in [2.45, 2.75) is 71.0 Å². The van der Waals surface area contributed by atoms with Crippen LogP contribution in [-0.4, -0.2) is 43.8 Å². The summed E-state index contributed by atoms with van der Waals surface area (Å²) in [7, 11) is -4.22. The third-order valence-corrected chi connectivity index (χ3v) is 9.11. The number of amides is 2. The molecule has 10 heteroatoms. The van der Waals surface area contributed by atoms with Gasteiger partial charge < -0.3 is 10.2 Å². The van der Waals surface area contributed by atoms with E-state index in [0.29, 0.717) is 6.42 Å². The Labute approximate surface area is 253 Å². The maximum Gasteiger partial charge on any atom is 0.264 e. The van der Waals surface area contributed by atoms with E-state index >= 15 is 0 Å². The highest BCUT2D eigenvalue weighted by molar-refractivity contribution is 7.92. The Morgan fingerprint density at radius 1 is 0.854 bits per heavy atom. The van der Waals surface area contributed by atoms with E-state index in [2.05, 4.69) is 5.32 Å². The van der Waals surface area contributed by atoms with Crippen molar-refractivity contribution in [2.24, 2.45) is 0 Å². The molecule has 2 atom stereocenters. The molecular formula is C31H37Cl2N3O4S. The van der Waals surface area contributed by atoms with E-state index in [1.807, 2.05) is 58.9 Å². The number of hydrogen-bond donors (Lipinski definition) is 1. The maximum absolute atomic E-state index is 14.1. The first-order chi connectivity index (χ1) is 19.3. The van der Waals surface area contributed by atoms with Gasteiger partial charge in [-0.3, -0.25) is 13.9 Å². The Hall–Kier alpha value is -3.07. The molecule has 0 aliphatic rings. The highest BCUT2D eigenvalue weighted by Crippen LogP contribution is 2.30. The minimum atomic E-state index is -4.22. The lowest BCUT2D eigenvalue weighted by Gasteiger charge is -2.33. The molecule has 7 nitrogen and oxygen atoms in total. The number of halogens is 2. The Bertz CT molecular complexity index is 1440. The second-order valence-corrected chi connectivity index (χ2v) is 12.9. The average Bonchev–Trinajstić information content (AvgIpc) is 2.92. The number of benzene rings is 3. The molecule has 0 bridgehead atoms. The topological polar surface area (TPSA) is 86.8 Å². The number of hydrogen-bond acceptors (Lipinski definition) is 4. The Morgan fingerprint density at radius 3 is 1.90 bits per heavy atom. The van der Waals surface area contributed by atoms with Gasteiger partial charge in [-0.05, 0) is 69.5 Å². The molecule has 3 rings (SSSR count). The van der Waals surface area contributed by atoms with Gasteiger partial charge in [0.15, 0.2) is 0 Å². The minimum absolute atomic E-state index is 0.0126. The number of rotatable bonds is 12. The number of carbonyl (C=O) groups excluding carboxylic acids is 2. The zero-order valence-corrected chi connectivity index (χ0v) is 26.4. The lowest BCUT2D eigenvalue weighted by molar-refractivity contribution is -0.140. The van der Waals surface area contributed by atoms with E-state index in [-0.39, 0.29) is 39.1 Å². The molecule has 0 heterocycles. The molecular weight excluding hydrogens is 581 g/mol. The van der Waals surface area contributed by atoms with Gasteiger partial charge in [-0.2, -0.15) is 0 Å². The van der Waals surface area contributed by atoms with Crippen molar-refractivity contribution in [1.29, 1.82) is 0 Å². The first-order valence-corrected chi connectivity index (χ1v) is 15.8. The fourth-order valence-corrected chi connectivity index (χ4v) is 6.21. The van der Waals surface area contributed by atoms with Crippen LogP contribution in [0.15, 0.2) is 71.6 Å². The summed E-state index contributed by atoms with van der Waals surface area (Å²) >= 11 is 12.5. The zero-order chi connectivity index (χ0) is 30.3. The normalized spacial score (nSPS) is 12.9. The third kappa shape index (κ3) is 8.47. The number of sulfonamides is 1. The number of nitrogens with zero attached hydrogens (tertiary/aromatic N) is 2. The predicted octanol–water partition coefficient (Wildman–Crippen LogP) is 6.53. The van der Waals surface area contributed by atoms with Crippen molar-refractivity contribution in [2.75, 3.05) is 10.8 Å². The molecule has 0 saturated carbocycles. The third-order valence-electron chi connectivity index (χ3n) is 6.88. The summed E-state index contributed by atoms with van der Waals surface area (Å²) in [5, 5.41) is 3.42. The number of aryl methyl sites for hydroxylation is 2. The number of anilines is 1. The van der Waals surface area contributed by atoms with Gasteiger partial charge in [0.05, 0.1) is 10.6 Å². The van der Waals surface area contributed by atoms with Gasteiger partial charge >= 0.3 is 0 Å². The molecule has 41 heavy (non-hydrogen) atoms. The van der Waals surface area contributed by atoms with Crippen LogP contribution in [-0.2, 0) is 26.2 Å². The smallest absolute Gasteiger partial charge is 0.264 e. The highest BCUT2D eigenvalue weighted by atomic mass is 35.5. The van der Waals surface area contributed by atoms with Gasteiger partial charge in [-0.25, -0.2) is 8.42 Å². The summed E-state index contributed by atoms with van der Waals surface area (Å²) in [6, 6.07) is 17.5. The number of carbonyl (C=O) groups is 2. The second-order valence-electron chi connectivity index (χ2n) is 10.2. The van der Waals surface area contributed by atoms with Crippen LogP contribution in [0.3, 0.4) is 0 Å². The van der Waals surface area contributed by atoms with Gasteiger partial charge in [0, 0.05) is 22.6 Å². The molecule has 2 amide bonds. The van der Waals surface area contributed by atoms with Gasteiger partial charge in [0.25, 0.3) is 10.0 Å². The van der Waals surface area contributed by atoms with Crippen molar-refractivity contribution in [1.82, 2.24) is 10.2 Å². The highest BCUT2D eigenvalue weighted by Gasteiger charge is 2.34. The van der Waals surface area contributed by atoms with Crippen LogP contribution in [0.5, 0.6) is 0 Å². The molecule has 0 unspecified atom stereocenters. The predicted molar refractivity (Wildman–Crippen MR) is 166 cm³/mol. The van der Waals surface area contributed by atoms with Crippen LogP contribution < -0.4 is 9.62 Å². The lowest BCUT2D eigenvalue weighted by atomic mass is 10.1. The van der Waals surface area contributed by atoms with Crippen LogP contribution >= 0.6 is 23.2 Å². The summed E-state index contributed by atoms with van der Waals surface area (Å²) < 4.78 is 28.9. The summed E-state index contributed by atoms with van der Waals surface area (Å²) in [5.74, 6) is -0.829. The van der Waals surface area contributed by atoms with Crippen molar-refractivity contribution in [3.63, 3.8) is 0 Å². The Kier molecular flexibility index (Phi) is 11.2. The Morgan fingerprint density at radius 2 is 1.39 bits per heavy atom. The molecule has 0 aliphatic heterocycles. The van der Waals surface area contributed by atoms with Crippen LogP contribution in [0, 0.1) is 13.8 Å². The summed E-state index contributed by atoms with van der Waals surface area (Å²) in [4.78, 5) is 29.0. The SMILES string of the molecule is CC[C@@H](C)NC(=O)[C@H](CC)N(Cc1ccc(C)cc1)C(=O)CN(c1cc(Cl)cc(Cl)c1)S(=O)(=O)c1ccc(C)cc1. The van der Waals surface area contributed by atoms with Gasteiger partial charge in [0.2, 0.25) is 11.8 Å². The zero-order valence-electron chi connectivity index (χ0n) is 24.0. The first kappa shape index (κ1) is 32.4. The summed E-state index contributed by atoms with van der Waals surface area (Å²) in [6.07, 6.45) is 1.07. The van der Waals surface area contributed by atoms with Crippen molar-refractivity contribution in [3.05, 3.63) is 93.5 Å². The van der Waals surface area contributed by atoms with Crippen LogP contribution in [0.4, 0.5) is 5.69 Å². The largest absolute Gasteiger partial charge is 0.352 e. The second kappa shape index (κ2) is 14.2. The monoisotopic (exact) mass is 617 g/mol. The van der Waals surface area contributed by atoms with Crippen LogP contribution in [0.2, 0.25) is 10.0 Å². The van der Waals surface area contributed by atoms with Gasteiger partial charge in [-0.1, -0.05) is 84.6 Å². The van der Waals surface area contributed by atoms with Crippen LogP contribution in [0.1, 0.15) is 50.3 Å². The average molecular weight is 619 g/mol. The van der Waals surface area contributed by atoms with E-state index in [0.717, 1.165) is 27.4 Å². The molecule has 0 aromatic heterocycles. The summed E-state index contributed by atoms with van der Waals surface area (Å²) in [6.45, 7) is 9.07. The molecule has 0 aliphatic carbocycles. The molecule has 0 radical (unpaired) electrons. The van der Waals surface area contributed by atoms with E-state index in [9.17, 15) is 18.0 Å². The molecule has 0 fully saturated rings. The van der Waals surface area contributed by atoms with Gasteiger partial charge in [-0.15, -0.1) is 0 Å². The fraction of sp³-hybridized carbons (Fsp3) is 0.355.